The molecule has 0 saturated carbocycles. The number of carboxylic acid groups (broad SMARTS) is 1. The SMILES string of the molecule is O=C([O-])Cc1cn[nH]c1-c1ccccc1. The van der Waals surface area contributed by atoms with Crippen molar-refractivity contribution in [3.63, 3.8) is 0 Å². The van der Waals surface area contributed by atoms with Crippen LogP contribution in [-0.2, 0) is 11.2 Å². The molecule has 2 aromatic rings. The zero-order valence-corrected chi connectivity index (χ0v) is 7.93. The summed E-state index contributed by atoms with van der Waals surface area (Å²) in [6.07, 6.45) is 1.39. The van der Waals surface area contributed by atoms with Crippen molar-refractivity contribution in [3.05, 3.63) is 42.1 Å². The number of hydrogen-bond donors (Lipinski definition) is 1. The van der Waals surface area contributed by atoms with Crippen molar-refractivity contribution in [2.45, 2.75) is 6.42 Å². The van der Waals surface area contributed by atoms with E-state index >= 15 is 0 Å². The van der Waals surface area contributed by atoms with E-state index in [1.807, 2.05) is 30.3 Å². The van der Waals surface area contributed by atoms with Gasteiger partial charge < -0.3 is 9.90 Å². The van der Waals surface area contributed by atoms with Crippen molar-refractivity contribution < 1.29 is 9.90 Å². The second-order valence-corrected chi connectivity index (χ2v) is 3.19. The summed E-state index contributed by atoms with van der Waals surface area (Å²) in [5.41, 5.74) is 2.30. The number of carboxylic acids is 1. The molecule has 4 heteroatoms. The van der Waals surface area contributed by atoms with E-state index in [1.54, 1.807) is 0 Å². The number of aliphatic carboxylic acids is 1. The van der Waals surface area contributed by atoms with Crippen LogP contribution in [0.15, 0.2) is 36.5 Å². The van der Waals surface area contributed by atoms with Crippen LogP contribution in [0, 0.1) is 0 Å². The molecule has 4 nitrogen and oxygen atoms in total. The molecule has 2 rings (SSSR count). The van der Waals surface area contributed by atoms with Gasteiger partial charge in [-0.25, -0.2) is 0 Å². The molecule has 1 aromatic heterocycles. The third kappa shape index (κ3) is 2.04. The highest BCUT2D eigenvalue weighted by molar-refractivity contribution is 5.73. The van der Waals surface area contributed by atoms with E-state index in [2.05, 4.69) is 10.2 Å². The van der Waals surface area contributed by atoms with Crippen LogP contribution in [0.25, 0.3) is 11.3 Å². The monoisotopic (exact) mass is 201 g/mol. The summed E-state index contributed by atoms with van der Waals surface area (Å²) in [4.78, 5) is 10.5. The molecule has 0 aliphatic heterocycles. The van der Waals surface area contributed by atoms with Crippen LogP contribution in [0.2, 0.25) is 0 Å². The summed E-state index contributed by atoms with van der Waals surface area (Å²) in [6.45, 7) is 0. The molecule has 1 aromatic carbocycles. The molecular weight excluding hydrogens is 192 g/mol. The molecule has 0 amide bonds. The lowest BCUT2D eigenvalue weighted by atomic mass is 10.1. The number of aromatic amines is 1. The van der Waals surface area contributed by atoms with Crippen molar-refractivity contribution in [2.24, 2.45) is 0 Å². The predicted octanol–water partition coefficient (Wildman–Crippen LogP) is 0.369. The molecule has 0 fully saturated rings. The van der Waals surface area contributed by atoms with Crippen LogP contribution in [0.1, 0.15) is 5.56 Å². The molecule has 0 atom stereocenters. The fourth-order valence-corrected chi connectivity index (χ4v) is 1.46. The van der Waals surface area contributed by atoms with Gasteiger partial charge in [0, 0.05) is 18.0 Å². The van der Waals surface area contributed by atoms with Gasteiger partial charge in [0.25, 0.3) is 0 Å². The molecule has 15 heavy (non-hydrogen) atoms. The van der Waals surface area contributed by atoms with Gasteiger partial charge in [0.15, 0.2) is 0 Å². The van der Waals surface area contributed by atoms with Gasteiger partial charge >= 0.3 is 0 Å². The Bertz CT molecular complexity index is 462. The highest BCUT2D eigenvalue weighted by Crippen LogP contribution is 2.20. The van der Waals surface area contributed by atoms with E-state index in [1.165, 1.54) is 6.20 Å². The van der Waals surface area contributed by atoms with Crippen molar-refractivity contribution in [1.82, 2.24) is 10.2 Å². The summed E-state index contributed by atoms with van der Waals surface area (Å²) in [6, 6.07) is 9.47. The smallest absolute Gasteiger partial charge is 0.0685 e. The van der Waals surface area contributed by atoms with E-state index in [9.17, 15) is 9.90 Å². The first-order valence-electron chi connectivity index (χ1n) is 4.55. The largest absolute Gasteiger partial charge is 0.550 e. The minimum Gasteiger partial charge on any atom is -0.550 e. The average molecular weight is 201 g/mol. The lowest BCUT2D eigenvalue weighted by Gasteiger charge is -2.03. The lowest BCUT2D eigenvalue weighted by molar-refractivity contribution is -0.304. The molecule has 1 N–H and O–H groups in total. The molecular formula is C11H9N2O2-. The van der Waals surface area contributed by atoms with E-state index in [0.29, 0.717) is 5.56 Å². The second-order valence-electron chi connectivity index (χ2n) is 3.19. The number of aromatic nitrogens is 2. The number of carbonyl (C=O) groups is 1. The van der Waals surface area contributed by atoms with E-state index in [4.69, 9.17) is 0 Å². The van der Waals surface area contributed by atoms with Gasteiger partial charge in [-0.1, -0.05) is 30.3 Å². The van der Waals surface area contributed by atoms with Crippen LogP contribution in [0.3, 0.4) is 0 Å². The highest BCUT2D eigenvalue weighted by atomic mass is 16.4. The lowest BCUT2D eigenvalue weighted by Crippen LogP contribution is -2.24. The Morgan fingerprint density at radius 1 is 1.33 bits per heavy atom. The first-order chi connectivity index (χ1) is 7.27. The normalized spacial score (nSPS) is 10.1. The summed E-state index contributed by atoms with van der Waals surface area (Å²) >= 11 is 0. The maximum Gasteiger partial charge on any atom is 0.0685 e. The van der Waals surface area contributed by atoms with Gasteiger partial charge in [-0.05, 0) is 5.56 Å². The fourth-order valence-electron chi connectivity index (χ4n) is 1.46. The van der Waals surface area contributed by atoms with Crippen molar-refractivity contribution in [3.8, 4) is 11.3 Å². The van der Waals surface area contributed by atoms with Gasteiger partial charge in [-0.2, -0.15) is 5.10 Å². The second kappa shape index (κ2) is 3.96. The minimum atomic E-state index is -1.10. The quantitative estimate of drug-likeness (QED) is 0.780. The topological polar surface area (TPSA) is 68.8 Å². The van der Waals surface area contributed by atoms with Crippen LogP contribution >= 0.6 is 0 Å². The molecule has 76 valence electrons. The summed E-state index contributed by atoms with van der Waals surface area (Å²) in [5.74, 6) is -1.10. The Morgan fingerprint density at radius 2 is 2.07 bits per heavy atom. The minimum absolute atomic E-state index is 0.124. The zero-order valence-electron chi connectivity index (χ0n) is 7.93. The van der Waals surface area contributed by atoms with Gasteiger partial charge in [0.1, 0.15) is 0 Å². The first kappa shape index (κ1) is 9.45. The molecule has 0 bridgehead atoms. The number of benzene rings is 1. The molecule has 0 radical (unpaired) electrons. The number of carbonyl (C=O) groups excluding carboxylic acids is 1. The van der Waals surface area contributed by atoms with E-state index < -0.39 is 5.97 Å². The Balaban J connectivity index is 2.37. The Kier molecular flexibility index (Phi) is 2.49. The van der Waals surface area contributed by atoms with Gasteiger partial charge in [0.05, 0.1) is 11.9 Å². The molecule has 0 aliphatic carbocycles. The molecule has 0 aliphatic rings. The highest BCUT2D eigenvalue weighted by Gasteiger charge is 2.06. The summed E-state index contributed by atoms with van der Waals surface area (Å²) in [7, 11) is 0. The average Bonchev–Trinajstić information content (AvgIpc) is 2.66. The molecule has 1 heterocycles. The van der Waals surface area contributed by atoms with E-state index in [-0.39, 0.29) is 6.42 Å². The Labute approximate surface area is 86.6 Å². The molecule has 0 saturated heterocycles. The van der Waals surface area contributed by atoms with Crippen LogP contribution in [0.4, 0.5) is 0 Å². The van der Waals surface area contributed by atoms with Crippen LogP contribution in [-0.4, -0.2) is 16.2 Å². The van der Waals surface area contributed by atoms with Crippen molar-refractivity contribution in [2.75, 3.05) is 0 Å². The first-order valence-corrected chi connectivity index (χ1v) is 4.55. The number of nitrogens with zero attached hydrogens (tertiary/aromatic N) is 1. The number of hydrogen-bond acceptors (Lipinski definition) is 3. The molecule has 0 unspecified atom stereocenters. The summed E-state index contributed by atoms with van der Waals surface area (Å²) < 4.78 is 0. The standard InChI is InChI=1S/C11H10N2O2/c14-10(15)6-9-7-12-13-11(9)8-4-2-1-3-5-8/h1-5,7H,6H2,(H,12,13)(H,14,15)/p-1. The maximum atomic E-state index is 10.5. The molecule has 0 spiro atoms. The van der Waals surface area contributed by atoms with Gasteiger partial charge in [0.2, 0.25) is 0 Å². The van der Waals surface area contributed by atoms with Crippen molar-refractivity contribution in [1.29, 1.82) is 0 Å². The predicted molar refractivity (Wildman–Crippen MR) is 52.7 cm³/mol. The van der Waals surface area contributed by atoms with Gasteiger partial charge in [-0.15, -0.1) is 0 Å². The number of H-pyrrole nitrogens is 1. The third-order valence-electron chi connectivity index (χ3n) is 2.12. The van der Waals surface area contributed by atoms with Crippen molar-refractivity contribution >= 4 is 5.97 Å². The Morgan fingerprint density at radius 3 is 2.73 bits per heavy atom. The van der Waals surface area contributed by atoms with Crippen LogP contribution < -0.4 is 5.11 Å². The number of rotatable bonds is 3. The van der Waals surface area contributed by atoms with E-state index in [0.717, 1.165) is 11.3 Å². The fraction of sp³-hybridized carbons (Fsp3) is 0.0909. The summed E-state index contributed by atoms with van der Waals surface area (Å²) in [5, 5.41) is 17.1. The Hall–Kier alpha value is -2.10. The zero-order chi connectivity index (χ0) is 10.7. The van der Waals surface area contributed by atoms with Crippen LogP contribution in [0.5, 0.6) is 0 Å². The van der Waals surface area contributed by atoms with Gasteiger partial charge in [-0.3, -0.25) is 5.10 Å². The third-order valence-corrected chi connectivity index (χ3v) is 2.12. The number of nitrogens with one attached hydrogen (secondary N) is 1. The maximum absolute atomic E-state index is 10.5.